The third kappa shape index (κ3) is 8.14. The first-order valence-corrected chi connectivity index (χ1v) is 15.5. The first kappa shape index (κ1) is 34.6. The number of carbonyl (C=O) groups excluding carboxylic acids is 1. The average molecular weight is 655 g/mol. The van der Waals surface area contributed by atoms with Gasteiger partial charge in [0.2, 0.25) is 0 Å². The van der Waals surface area contributed by atoms with Crippen LogP contribution in [0.15, 0.2) is 36.4 Å². The number of halogens is 4. The van der Waals surface area contributed by atoms with Crippen molar-refractivity contribution in [2.45, 2.75) is 75.2 Å². The fourth-order valence-electron chi connectivity index (χ4n) is 7.03. The number of piperidine rings is 1. The fourth-order valence-corrected chi connectivity index (χ4v) is 7.21. The molecule has 45 heavy (non-hydrogen) atoms. The monoisotopic (exact) mass is 654 g/mol. The molecule has 0 aromatic heterocycles. The van der Waals surface area contributed by atoms with Gasteiger partial charge >= 0.3 is 18.2 Å². The SMILES string of the molecule is COc1ccc(C23CCC(NC(=O)Nc4cc(Cl)ccc4C)CC2N(C2CCN(C)CC2)CC3)cc1OC.O=C(O)C(F)(F)F. The number of urea groups is 1. The van der Waals surface area contributed by atoms with Crippen LogP contribution in [0.25, 0.3) is 0 Å². The Morgan fingerprint density at radius 1 is 1.00 bits per heavy atom. The van der Waals surface area contributed by atoms with Crippen LogP contribution < -0.4 is 20.1 Å². The van der Waals surface area contributed by atoms with Gasteiger partial charge in [-0.1, -0.05) is 23.7 Å². The van der Waals surface area contributed by atoms with Gasteiger partial charge in [0.1, 0.15) is 0 Å². The van der Waals surface area contributed by atoms with Crippen LogP contribution in [0.2, 0.25) is 5.02 Å². The van der Waals surface area contributed by atoms with Crippen molar-refractivity contribution in [1.29, 1.82) is 0 Å². The number of alkyl halides is 3. The van der Waals surface area contributed by atoms with Crippen molar-refractivity contribution in [1.82, 2.24) is 15.1 Å². The number of hydrogen-bond donors (Lipinski definition) is 3. The maximum absolute atomic E-state index is 13.0. The normalized spacial score (nSPS) is 24.2. The number of nitrogens with one attached hydrogen (secondary N) is 2. The number of benzene rings is 2. The van der Waals surface area contributed by atoms with E-state index in [1.807, 2.05) is 25.1 Å². The predicted molar refractivity (Wildman–Crippen MR) is 167 cm³/mol. The molecule has 2 heterocycles. The van der Waals surface area contributed by atoms with Crippen molar-refractivity contribution in [3.05, 3.63) is 52.5 Å². The van der Waals surface area contributed by atoms with E-state index in [0.29, 0.717) is 17.1 Å². The van der Waals surface area contributed by atoms with Crippen molar-refractivity contribution in [2.75, 3.05) is 46.2 Å². The fraction of sp³-hybridized carbons (Fsp3) is 0.562. The Labute approximate surface area is 267 Å². The van der Waals surface area contributed by atoms with Gasteiger partial charge in [0.25, 0.3) is 0 Å². The first-order chi connectivity index (χ1) is 21.3. The number of aryl methyl sites for hydroxylation is 1. The van der Waals surface area contributed by atoms with Crippen LogP contribution in [0.1, 0.15) is 49.7 Å². The van der Waals surface area contributed by atoms with E-state index < -0.39 is 12.1 Å². The Hall–Kier alpha value is -3.22. The first-order valence-electron chi connectivity index (χ1n) is 15.1. The van der Waals surface area contributed by atoms with Gasteiger partial charge in [0, 0.05) is 34.3 Å². The molecule has 2 saturated heterocycles. The number of carboxylic acids is 1. The Morgan fingerprint density at radius 2 is 1.67 bits per heavy atom. The molecule has 1 saturated carbocycles. The molecule has 1 aliphatic carbocycles. The van der Waals surface area contributed by atoms with E-state index in [-0.39, 0.29) is 17.5 Å². The summed E-state index contributed by atoms with van der Waals surface area (Å²) >= 11 is 6.17. The van der Waals surface area contributed by atoms with E-state index in [9.17, 15) is 18.0 Å². The van der Waals surface area contributed by atoms with Crippen molar-refractivity contribution >= 4 is 29.3 Å². The molecule has 3 N–H and O–H groups in total. The summed E-state index contributed by atoms with van der Waals surface area (Å²) in [6, 6.07) is 12.9. The van der Waals surface area contributed by atoms with Crippen LogP contribution in [0.5, 0.6) is 11.5 Å². The lowest BCUT2D eigenvalue weighted by Gasteiger charge is -2.48. The average Bonchev–Trinajstić information content (AvgIpc) is 3.38. The van der Waals surface area contributed by atoms with Crippen molar-refractivity contribution in [3.8, 4) is 11.5 Å². The van der Waals surface area contributed by atoms with Crippen molar-refractivity contribution in [3.63, 3.8) is 0 Å². The molecule has 2 aromatic rings. The highest BCUT2D eigenvalue weighted by Crippen LogP contribution is 2.51. The molecule has 0 spiro atoms. The molecule has 3 fully saturated rings. The maximum atomic E-state index is 13.0. The summed E-state index contributed by atoms with van der Waals surface area (Å²) in [5.41, 5.74) is 3.11. The number of anilines is 1. The van der Waals surface area contributed by atoms with Gasteiger partial charge < -0.3 is 30.1 Å². The molecule has 0 radical (unpaired) electrons. The minimum absolute atomic E-state index is 0.0428. The Bertz CT molecular complexity index is 1350. The van der Waals surface area contributed by atoms with Gasteiger partial charge in [-0.2, -0.15) is 13.2 Å². The number of carbonyl (C=O) groups is 2. The minimum atomic E-state index is -5.08. The second-order valence-corrected chi connectivity index (χ2v) is 12.5. The molecule has 0 bridgehead atoms. The molecule has 2 aliphatic heterocycles. The number of nitrogens with zero attached hydrogens (tertiary/aromatic N) is 2. The number of likely N-dealkylation sites (tertiary alicyclic amines) is 2. The summed E-state index contributed by atoms with van der Waals surface area (Å²) in [5.74, 6) is -1.21. The number of rotatable bonds is 6. The zero-order valence-electron chi connectivity index (χ0n) is 26.0. The molecule has 13 heteroatoms. The van der Waals surface area contributed by atoms with Crippen LogP contribution in [0.3, 0.4) is 0 Å². The smallest absolute Gasteiger partial charge is 0.490 e. The van der Waals surface area contributed by atoms with Gasteiger partial charge in [-0.05, 0) is 108 Å². The summed E-state index contributed by atoms with van der Waals surface area (Å²) in [6.07, 6.45) is 1.33. The summed E-state index contributed by atoms with van der Waals surface area (Å²) in [5, 5.41) is 14.1. The number of hydrogen-bond acceptors (Lipinski definition) is 6. The van der Waals surface area contributed by atoms with E-state index >= 15 is 0 Å². The maximum Gasteiger partial charge on any atom is 0.490 e. The van der Waals surface area contributed by atoms with Crippen LogP contribution in [0, 0.1) is 6.92 Å². The van der Waals surface area contributed by atoms with E-state index in [4.69, 9.17) is 31.0 Å². The third-order valence-electron chi connectivity index (χ3n) is 9.44. The number of aliphatic carboxylic acids is 1. The molecule has 9 nitrogen and oxygen atoms in total. The molecular formula is C32H42ClF3N4O5. The standard InChI is InChI=1S/C30H41ClN4O3.C2HF3O2/c1-20-5-7-22(31)18-25(20)33-29(36)32-23-9-12-30(21-6-8-26(37-3)27(17-21)38-4)13-16-35(28(30)19-23)24-10-14-34(2)15-11-24;3-2(4,5)1(6)7/h5-8,17-18,23-24,28H,9-16,19H2,1-4H3,(H2,32,33,36);(H,6,7). The van der Waals surface area contributed by atoms with E-state index in [0.717, 1.165) is 68.1 Å². The summed E-state index contributed by atoms with van der Waals surface area (Å²) in [7, 11) is 5.61. The lowest BCUT2D eigenvalue weighted by molar-refractivity contribution is -0.192. The largest absolute Gasteiger partial charge is 0.493 e. The summed E-state index contributed by atoms with van der Waals surface area (Å²) in [4.78, 5) is 27.1. The number of carboxylic acid groups (broad SMARTS) is 1. The molecule has 3 unspecified atom stereocenters. The second-order valence-electron chi connectivity index (χ2n) is 12.1. The highest BCUT2D eigenvalue weighted by Gasteiger charge is 2.53. The molecule has 5 rings (SSSR count). The van der Waals surface area contributed by atoms with Crippen LogP contribution in [-0.2, 0) is 10.2 Å². The van der Waals surface area contributed by atoms with Gasteiger partial charge in [-0.15, -0.1) is 0 Å². The van der Waals surface area contributed by atoms with Crippen LogP contribution in [0.4, 0.5) is 23.7 Å². The molecule has 2 amide bonds. The summed E-state index contributed by atoms with van der Waals surface area (Å²) in [6.45, 7) is 5.34. The molecular weight excluding hydrogens is 613 g/mol. The highest BCUT2D eigenvalue weighted by atomic mass is 35.5. The zero-order chi connectivity index (χ0) is 32.9. The van der Waals surface area contributed by atoms with Crippen molar-refractivity contribution in [2.24, 2.45) is 0 Å². The van der Waals surface area contributed by atoms with Gasteiger partial charge in [-0.3, -0.25) is 4.90 Å². The Morgan fingerprint density at radius 3 is 2.29 bits per heavy atom. The highest BCUT2D eigenvalue weighted by molar-refractivity contribution is 6.31. The van der Waals surface area contributed by atoms with E-state index in [2.05, 4.69) is 39.6 Å². The Balaban J connectivity index is 0.000000591. The van der Waals surface area contributed by atoms with E-state index in [1.165, 1.54) is 18.4 Å². The molecule has 248 valence electrons. The van der Waals surface area contributed by atoms with Gasteiger partial charge in [0.15, 0.2) is 11.5 Å². The van der Waals surface area contributed by atoms with Crippen LogP contribution >= 0.6 is 11.6 Å². The molecule has 3 atom stereocenters. The molecule has 2 aromatic carbocycles. The summed E-state index contributed by atoms with van der Waals surface area (Å²) < 4.78 is 43.0. The quantitative estimate of drug-likeness (QED) is 0.347. The second kappa shape index (κ2) is 14.5. The number of ether oxygens (including phenoxy) is 2. The topological polar surface area (TPSA) is 103 Å². The zero-order valence-corrected chi connectivity index (χ0v) is 26.8. The lowest BCUT2D eigenvalue weighted by atomic mass is 9.65. The van der Waals surface area contributed by atoms with Gasteiger partial charge in [0.05, 0.1) is 14.2 Å². The number of methoxy groups -OCH3 is 2. The Kier molecular flexibility index (Phi) is 11.1. The van der Waals surface area contributed by atoms with Crippen LogP contribution in [-0.4, -0.2) is 92.1 Å². The predicted octanol–water partition coefficient (Wildman–Crippen LogP) is 6.08. The van der Waals surface area contributed by atoms with E-state index in [1.54, 1.807) is 20.3 Å². The lowest BCUT2D eigenvalue weighted by Crippen LogP contribution is -2.56. The minimum Gasteiger partial charge on any atom is -0.493 e. The van der Waals surface area contributed by atoms with Crippen molar-refractivity contribution < 1.29 is 37.3 Å². The number of fused-ring (bicyclic) bond motifs is 1. The third-order valence-corrected chi connectivity index (χ3v) is 9.68. The number of amides is 2. The molecule has 3 aliphatic rings. The van der Waals surface area contributed by atoms with Gasteiger partial charge in [-0.25, -0.2) is 9.59 Å².